The molecular weight excluding hydrogens is 335 g/mol. The Morgan fingerprint density at radius 1 is 1.33 bits per heavy atom. The predicted molar refractivity (Wildman–Crippen MR) is 86.6 cm³/mol. The maximum atomic E-state index is 13.3. The van der Waals surface area contributed by atoms with Crippen molar-refractivity contribution in [2.75, 3.05) is 11.1 Å². The van der Waals surface area contributed by atoms with Gasteiger partial charge in [-0.25, -0.2) is 4.39 Å². The summed E-state index contributed by atoms with van der Waals surface area (Å²) in [5.74, 6) is -0.470. The van der Waals surface area contributed by atoms with Gasteiger partial charge in [0.15, 0.2) is 0 Å². The fourth-order valence-corrected chi connectivity index (χ4v) is 2.35. The third-order valence-electron chi connectivity index (χ3n) is 3.22. The largest absolute Gasteiger partial charge is 0.399 e. The molecule has 0 atom stereocenters. The van der Waals surface area contributed by atoms with Crippen LogP contribution in [0.4, 0.5) is 15.8 Å². The highest BCUT2D eigenvalue weighted by atomic mass is 79.9. The maximum absolute atomic E-state index is 13.3. The number of aryl methyl sites for hydroxylation is 2. The molecule has 0 fully saturated rings. The molecule has 0 aromatic heterocycles. The van der Waals surface area contributed by atoms with Crippen LogP contribution in [0.15, 0.2) is 40.9 Å². The molecule has 1 amide bonds. The lowest BCUT2D eigenvalue weighted by atomic mass is 10.1. The average molecular weight is 351 g/mol. The van der Waals surface area contributed by atoms with E-state index in [0.29, 0.717) is 34.3 Å². The zero-order valence-electron chi connectivity index (χ0n) is 11.6. The second-order valence-corrected chi connectivity index (χ2v) is 5.68. The fourth-order valence-electron chi connectivity index (χ4n) is 2.00. The van der Waals surface area contributed by atoms with Crippen LogP contribution in [0, 0.1) is 12.7 Å². The first-order chi connectivity index (χ1) is 9.97. The van der Waals surface area contributed by atoms with Crippen molar-refractivity contribution in [1.29, 1.82) is 0 Å². The number of hydrogen-bond donors (Lipinski definition) is 2. The standard InChI is InChI=1S/C16H16BrFN2O/c1-10-8-13(18)12(17)9-15(10)20-16(21)7-6-11-4-2-3-5-14(11)19/h2-5,8-9H,6-7,19H2,1H3,(H,20,21). The summed E-state index contributed by atoms with van der Waals surface area (Å²) < 4.78 is 13.7. The molecule has 21 heavy (non-hydrogen) atoms. The second kappa shape index (κ2) is 6.72. The van der Waals surface area contributed by atoms with Gasteiger partial charge in [-0.05, 0) is 58.6 Å². The van der Waals surface area contributed by atoms with Gasteiger partial charge in [0.25, 0.3) is 0 Å². The molecule has 0 aliphatic carbocycles. The van der Waals surface area contributed by atoms with Gasteiger partial charge >= 0.3 is 0 Å². The monoisotopic (exact) mass is 350 g/mol. The SMILES string of the molecule is Cc1cc(F)c(Br)cc1NC(=O)CCc1ccccc1N. The molecule has 0 unspecified atom stereocenters. The molecule has 0 heterocycles. The summed E-state index contributed by atoms with van der Waals surface area (Å²) in [5, 5.41) is 2.79. The second-order valence-electron chi connectivity index (χ2n) is 4.83. The lowest BCUT2D eigenvalue weighted by Gasteiger charge is -2.10. The van der Waals surface area contributed by atoms with Crippen LogP contribution in [0.25, 0.3) is 0 Å². The van der Waals surface area contributed by atoms with E-state index >= 15 is 0 Å². The van der Waals surface area contributed by atoms with Gasteiger partial charge in [-0.1, -0.05) is 18.2 Å². The van der Waals surface area contributed by atoms with Gasteiger partial charge in [-0.2, -0.15) is 0 Å². The smallest absolute Gasteiger partial charge is 0.224 e. The van der Waals surface area contributed by atoms with Crippen LogP contribution < -0.4 is 11.1 Å². The van der Waals surface area contributed by atoms with Crippen molar-refractivity contribution in [3.05, 3.63) is 57.8 Å². The Balaban J connectivity index is 1.99. The van der Waals surface area contributed by atoms with E-state index in [0.717, 1.165) is 5.56 Å². The molecule has 3 nitrogen and oxygen atoms in total. The molecule has 0 saturated carbocycles. The summed E-state index contributed by atoms with van der Waals surface area (Å²) in [6.07, 6.45) is 0.891. The third kappa shape index (κ3) is 4.04. The molecule has 3 N–H and O–H groups in total. The van der Waals surface area contributed by atoms with Gasteiger partial charge in [0.2, 0.25) is 5.91 Å². The van der Waals surface area contributed by atoms with Gasteiger partial charge in [0.1, 0.15) is 5.82 Å². The molecule has 2 rings (SSSR count). The molecule has 0 aliphatic rings. The van der Waals surface area contributed by atoms with Crippen molar-refractivity contribution in [1.82, 2.24) is 0 Å². The molecule has 0 spiro atoms. The molecule has 2 aromatic carbocycles. The first-order valence-corrected chi connectivity index (χ1v) is 7.35. The van der Waals surface area contributed by atoms with Crippen LogP contribution >= 0.6 is 15.9 Å². The number of halogens is 2. The average Bonchev–Trinajstić information content (AvgIpc) is 2.44. The molecular formula is C16H16BrFN2O. The molecule has 0 aliphatic heterocycles. The Kier molecular flexibility index (Phi) is 4.96. The van der Waals surface area contributed by atoms with Crippen molar-refractivity contribution in [3.63, 3.8) is 0 Å². The van der Waals surface area contributed by atoms with E-state index in [9.17, 15) is 9.18 Å². The highest BCUT2D eigenvalue weighted by molar-refractivity contribution is 9.10. The van der Waals surface area contributed by atoms with Crippen LogP contribution in [-0.2, 0) is 11.2 Å². The third-order valence-corrected chi connectivity index (χ3v) is 3.83. The molecule has 0 bridgehead atoms. The summed E-state index contributed by atoms with van der Waals surface area (Å²) in [5.41, 5.74) is 8.76. The Bertz CT molecular complexity index is 673. The zero-order chi connectivity index (χ0) is 15.4. The van der Waals surface area contributed by atoms with Crippen LogP contribution in [0.2, 0.25) is 0 Å². The lowest BCUT2D eigenvalue weighted by Crippen LogP contribution is -2.13. The number of para-hydroxylation sites is 1. The topological polar surface area (TPSA) is 55.1 Å². The normalized spacial score (nSPS) is 10.4. The quantitative estimate of drug-likeness (QED) is 0.817. The van der Waals surface area contributed by atoms with Gasteiger partial charge < -0.3 is 11.1 Å². The molecule has 0 radical (unpaired) electrons. The Morgan fingerprint density at radius 3 is 2.76 bits per heavy atom. The van der Waals surface area contributed by atoms with E-state index in [-0.39, 0.29) is 11.7 Å². The number of benzene rings is 2. The van der Waals surface area contributed by atoms with E-state index in [2.05, 4.69) is 21.2 Å². The first-order valence-electron chi connectivity index (χ1n) is 6.56. The summed E-state index contributed by atoms with van der Waals surface area (Å²) >= 11 is 3.11. The number of nitrogens with two attached hydrogens (primary N) is 1. The first kappa shape index (κ1) is 15.5. The van der Waals surface area contributed by atoms with Crippen molar-refractivity contribution >= 4 is 33.2 Å². The Hall–Kier alpha value is -1.88. The predicted octanol–water partition coefficient (Wildman–Crippen LogP) is 4.05. The molecule has 5 heteroatoms. The number of carbonyl (C=O) groups is 1. The highest BCUT2D eigenvalue weighted by Gasteiger charge is 2.09. The maximum Gasteiger partial charge on any atom is 0.224 e. The van der Waals surface area contributed by atoms with Crippen LogP contribution in [0.3, 0.4) is 0 Å². The van der Waals surface area contributed by atoms with Crippen LogP contribution in [0.5, 0.6) is 0 Å². The summed E-state index contributed by atoms with van der Waals surface area (Å²) in [4.78, 5) is 12.0. The number of nitrogen functional groups attached to an aromatic ring is 1. The van der Waals surface area contributed by atoms with Crippen molar-refractivity contribution < 1.29 is 9.18 Å². The number of anilines is 2. The minimum absolute atomic E-state index is 0.125. The number of amides is 1. The van der Waals surface area contributed by atoms with E-state index in [4.69, 9.17) is 5.73 Å². The summed E-state index contributed by atoms with van der Waals surface area (Å²) in [6.45, 7) is 1.75. The van der Waals surface area contributed by atoms with E-state index in [1.807, 2.05) is 24.3 Å². The Morgan fingerprint density at radius 2 is 2.05 bits per heavy atom. The fraction of sp³-hybridized carbons (Fsp3) is 0.188. The van der Waals surface area contributed by atoms with Crippen LogP contribution in [0.1, 0.15) is 17.5 Å². The van der Waals surface area contributed by atoms with Crippen molar-refractivity contribution in [2.24, 2.45) is 0 Å². The number of rotatable bonds is 4. The van der Waals surface area contributed by atoms with E-state index in [1.54, 1.807) is 13.0 Å². The van der Waals surface area contributed by atoms with Crippen molar-refractivity contribution in [3.8, 4) is 0 Å². The van der Waals surface area contributed by atoms with Crippen molar-refractivity contribution in [2.45, 2.75) is 19.8 Å². The zero-order valence-corrected chi connectivity index (χ0v) is 13.2. The molecule has 110 valence electrons. The number of hydrogen-bond acceptors (Lipinski definition) is 2. The lowest BCUT2D eigenvalue weighted by molar-refractivity contribution is -0.116. The molecule has 0 saturated heterocycles. The van der Waals surface area contributed by atoms with Gasteiger partial charge in [0, 0.05) is 17.8 Å². The summed E-state index contributed by atoms with van der Waals surface area (Å²) in [6, 6.07) is 10.4. The van der Waals surface area contributed by atoms with Gasteiger partial charge in [-0.15, -0.1) is 0 Å². The van der Waals surface area contributed by atoms with Gasteiger partial charge in [0.05, 0.1) is 4.47 Å². The minimum atomic E-state index is -0.345. The van der Waals surface area contributed by atoms with E-state index < -0.39 is 0 Å². The molecule has 2 aromatic rings. The van der Waals surface area contributed by atoms with E-state index in [1.165, 1.54) is 6.07 Å². The Labute approximate surface area is 131 Å². The number of carbonyl (C=O) groups excluding carboxylic acids is 1. The highest BCUT2D eigenvalue weighted by Crippen LogP contribution is 2.24. The van der Waals surface area contributed by atoms with Gasteiger partial charge in [-0.3, -0.25) is 4.79 Å². The minimum Gasteiger partial charge on any atom is -0.399 e. The number of nitrogens with one attached hydrogen (secondary N) is 1. The summed E-state index contributed by atoms with van der Waals surface area (Å²) in [7, 11) is 0. The van der Waals surface area contributed by atoms with Crippen LogP contribution in [-0.4, -0.2) is 5.91 Å².